The largest absolute Gasteiger partial charge is 0.491 e. The van der Waals surface area contributed by atoms with Crippen LogP contribution in [0.25, 0.3) is 0 Å². The van der Waals surface area contributed by atoms with E-state index in [4.69, 9.17) is 11.6 Å². The van der Waals surface area contributed by atoms with Gasteiger partial charge in [0.25, 0.3) is 0 Å². The molecule has 0 heterocycles. The van der Waals surface area contributed by atoms with Gasteiger partial charge in [0.05, 0.1) is 12.7 Å². The number of benzene rings is 1. The molecule has 0 spiro atoms. The van der Waals surface area contributed by atoms with E-state index in [1.165, 1.54) is 0 Å². The fourth-order valence-electron chi connectivity index (χ4n) is 0.912. The molecule has 1 aromatic carbocycles. The molecule has 0 aliphatic rings. The Bertz CT molecular complexity index is 393. The molecule has 0 aliphatic carbocycles. The minimum atomic E-state index is -1.43. The Balaban J connectivity index is 3.64. The number of carbonyl (C=O) groups is 1. The van der Waals surface area contributed by atoms with E-state index in [0.29, 0.717) is 0 Å². The van der Waals surface area contributed by atoms with Crippen LogP contribution in [0.1, 0.15) is 10.4 Å². The van der Waals surface area contributed by atoms with Gasteiger partial charge in [0, 0.05) is 0 Å². The fourth-order valence-corrected chi connectivity index (χ4v) is 1.10. The molecule has 76 valence electrons. The van der Waals surface area contributed by atoms with E-state index in [1.807, 2.05) is 0 Å². The summed E-state index contributed by atoms with van der Waals surface area (Å²) < 4.78 is 43.3. The van der Waals surface area contributed by atoms with Gasteiger partial charge in [0.1, 0.15) is 5.02 Å². The van der Waals surface area contributed by atoms with Crippen molar-refractivity contribution in [1.82, 2.24) is 0 Å². The van der Waals surface area contributed by atoms with E-state index in [0.717, 1.165) is 7.11 Å². The zero-order chi connectivity index (χ0) is 10.9. The van der Waals surface area contributed by atoms with Crippen LogP contribution in [0.3, 0.4) is 0 Å². The van der Waals surface area contributed by atoms with Crippen molar-refractivity contribution >= 4 is 17.9 Å². The van der Waals surface area contributed by atoms with Gasteiger partial charge in [-0.15, -0.1) is 0 Å². The maximum Gasteiger partial charge on any atom is 0.192 e. The number of ether oxygens (including phenoxy) is 1. The number of carbonyl (C=O) groups excluding carboxylic acids is 1. The number of aldehydes is 1. The van der Waals surface area contributed by atoms with Crippen LogP contribution >= 0.6 is 11.6 Å². The van der Waals surface area contributed by atoms with Gasteiger partial charge in [-0.3, -0.25) is 4.79 Å². The third kappa shape index (κ3) is 1.43. The molecule has 0 radical (unpaired) electrons. The van der Waals surface area contributed by atoms with Crippen LogP contribution < -0.4 is 4.74 Å². The summed E-state index contributed by atoms with van der Waals surface area (Å²) in [5.74, 6) is -5.08. The van der Waals surface area contributed by atoms with Crippen molar-refractivity contribution in [3.8, 4) is 5.75 Å². The molecule has 0 atom stereocenters. The third-order valence-corrected chi connectivity index (χ3v) is 1.91. The van der Waals surface area contributed by atoms with Crippen LogP contribution in [-0.4, -0.2) is 13.4 Å². The minimum absolute atomic E-state index is 0.0987. The van der Waals surface area contributed by atoms with Crippen molar-refractivity contribution in [1.29, 1.82) is 0 Å². The maximum atomic E-state index is 13.1. The average molecular weight is 225 g/mol. The molecule has 2 nitrogen and oxygen atoms in total. The zero-order valence-corrected chi connectivity index (χ0v) is 7.66. The van der Waals surface area contributed by atoms with E-state index < -0.39 is 33.8 Å². The maximum absolute atomic E-state index is 13.1. The van der Waals surface area contributed by atoms with E-state index in [-0.39, 0.29) is 6.29 Å². The second kappa shape index (κ2) is 3.88. The van der Waals surface area contributed by atoms with Crippen LogP contribution in [0.2, 0.25) is 5.02 Å². The van der Waals surface area contributed by atoms with Gasteiger partial charge in [0.15, 0.2) is 29.5 Å². The highest BCUT2D eigenvalue weighted by Crippen LogP contribution is 2.32. The Morgan fingerprint density at radius 3 is 2.21 bits per heavy atom. The van der Waals surface area contributed by atoms with E-state index in [2.05, 4.69) is 4.74 Å². The molecule has 0 bridgehead atoms. The average Bonchev–Trinajstić information content (AvgIpc) is 2.16. The van der Waals surface area contributed by atoms with E-state index in [9.17, 15) is 18.0 Å². The van der Waals surface area contributed by atoms with E-state index in [1.54, 1.807) is 0 Å². The second-order valence-corrected chi connectivity index (χ2v) is 2.70. The van der Waals surface area contributed by atoms with Crippen molar-refractivity contribution in [2.45, 2.75) is 0 Å². The second-order valence-electron chi connectivity index (χ2n) is 2.32. The van der Waals surface area contributed by atoms with Crippen molar-refractivity contribution in [3.05, 3.63) is 28.0 Å². The molecular formula is C8H4ClF3O2. The van der Waals surface area contributed by atoms with Crippen LogP contribution in [-0.2, 0) is 0 Å². The van der Waals surface area contributed by atoms with Crippen molar-refractivity contribution in [2.75, 3.05) is 7.11 Å². The van der Waals surface area contributed by atoms with Gasteiger partial charge >= 0.3 is 0 Å². The molecule has 0 amide bonds. The lowest BCUT2D eigenvalue weighted by atomic mass is 10.2. The smallest absolute Gasteiger partial charge is 0.192 e. The first-order valence-corrected chi connectivity index (χ1v) is 3.77. The van der Waals surface area contributed by atoms with Crippen molar-refractivity contribution in [3.63, 3.8) is 0 Å². The highest BCUT2D eigenvalue weighted by atomic mass is 35.5. The molecule has 0 saturated carbocycles. The summed E-state index contributed by atoms with van der Waals surface area (Å²) >= 11 is 5.16. The quantitative estimate of drug-likeness (QED) is 0.438. The number of rotatable bonds is 2. The Kier molecular flexibility index (Phi) is 3.00. The van der Waals surface area contributed by atoms with Gasteiger partial charge in [-0.1, -0.05) is 11.6 Å². The Morgan fingerprint density at radius 2 is 1.79 bits per heavy atom. The number of methoxy groups -OCH3 is 1. The summed E-state index contributed by atoms with van der Waals surface area (Å²) in [5, 5.41) is -0.967. The molecule has 0 aliphatic heterocycles. The summed E-state index contributed by atoms with van der Waals surface area (Å²) in [6, 6.07) is 0. The molecular weight excluding hydrogens is 221 g/mol. The van der Waals surface area contributed by atoms with Gasteiger partial charge in [-0.25, -0.2) is 13.2 Å². The highest BCUT2D eigenvalue weighted by molar-refractivity contribution is 6.31. The molecule has 6 heteroatoms. The predicted octanol–water partition coefficient (Wildman–Crippen LogP) is 2.58. The lowest BCUT2D eigenvalue weighted by Gasteiger charge is -2.07. The van der Waals surface area contributed by atoms with Crippen molar-refractivity contribution in [2.24, 2.45) is 0 Å². The Hall–Kier alpha value is -1.23. The Morgan fingerprint density at radius 1 is 1.21 bits per heavy atom. The molecule has 0 N–H and O–H groups in total. The van der Waals surface area contributed by atoms with Crippen LogP contribution in [0.5, 0.6) is 5.75 Å². The predicted molar refractivity (Wildman–Crippen MR) is 43.3 cm³/mol. The number of hydrogen-bond acceptors (Lipinski definition) is 2. The first-order valence-electron chi connectivity index (χ1n) is 3.39. The van der Waals surface area contributed by atoms with Gasteiger partial charge < -0.3 is 4.74 Å². The number of hydrogen-bond donors (Lipinski definition) is 0. The first-order chi connectivity index (χ1) is 6.54. The van der Waals surface area contributed by atoms with Crippen molar-refractivity contribution < 1.29 is 22.7 Å². The van der Waals surface area contributed by atoms with Gasteiger partial charge in [0.2, 0.25) is 0 Å². The molecule has 0 saturated heterocycles. The third-order valence-electron chi connectivity index (χ3n) is 1.58. The van der Waals surface area contributed by atoms with Crippen LogP contribution in [0.4, 0.5) is 13.2 Å². The highest BCUT2D eigenvalue weighted by Gasteiger charge is 2.24. The summed E-state index contributed by atoms with van der Waals surface area (Å²) in [4.78, 5) is 10.3. The summed E-state index contributed by atoms with van der Waals surface area (Å²) in [6.45, 7) is 0. The molecule has 0 fully saturated rings. The standard InChI is InChI=1S/C8H4ClF3O2/c1-14-8-6(11)3(2-13)5(10)4(9)7(8)12/h2H,1H3. The molecule has 1 aromatic rings. The zero-order valence-electron chi connectivity index (χ0n) is 6.91. The lowest BCUT2D eigenvalue weighted by molar-refractivity contribution is 0.111. The topological polar surface area (TPSA) is 26.3 Å². The summed E-state index contributed by atoms with van der Waals surface area (Å²) in [6.07, 6.45) is -0.0987. The van der Waals surface area contributed by atoms with E-state index >= 15 is 0 Å². The monoisotopic (exact) mass is 224 g/mol. The fraction of sp³-hybridized carbons (Fsp3) is 0.125. The van der Waals surface area contributed by atoms with Gasteiger partial charge in [-0.05, 0) is 0 Å². The summed E-state index contributed by atoms with van der Waals surface area (Å²) in [7, 11) is 0.976. The molecule has 1 rings (SSSR count). The molecule has 14 heavy (non-hydrogen) atoms. The lowest BCUT2D eigenvalue weighted by Crippen LogP contribution is -2.02. The minimum Gasteiger partial charge on any atom is -0.491 e. The van der Waals surface area contributed by atoms with Crippen LogP contribution in [0, 0.1) is 17.5 Å². The summed E-state index contributed by atoms with van der Waals surface area (Å²) in [5.41, 5.74) is -0.951. The Labute approximate surface area is 82.2 Å². The normalized spacial score (nSPS) is 10.1. The first kappa shape index (κ1) is 10.8. The van der Waals surface area contributed by atoms with Gasteiger partial charge in [-0.2, -0.15) is 0 Å². The van der Waals surface area contributed by atoms with Crippen LogP contribution in [0.15, 0.2) is 0 Å². The molecule has 0 aromatic heterocycles. The molecule has 0 unspecified atom stereocenters. The SMILES string of the molecule is COc1c(F)c(Cl)c(F)c(C=O)c1F. The number of halogens is 4.